The van der Waals surface area contributed by atoms with E-state index in [2.05, 4.69) is 0 Å². The van der Waals surface area contributed by atoms with Crippen LogP contribution in [0.4, 0.5) is 10.5 Å². The van der Waals surface area contributed by atoms with Gasteiger partial charge in [-0.25, -0.2) is 9.59 Å². The summed E-state index contributed by atoms with van der Waals surface area (Å²) in [5, 5.41) is 31.6. The van der Waals surface area contributed by atoms with Gasteiger partial charge >= 0.3 is 17.5 Å². The van der Waals surface area contributed by atoms with Crippen molar-refractivity contribution in [1.82, 2.24) is 9.55 Å². The molecule has 184 valence electrons. The maximum absolute atomic E-state index is 12.4. The molecule has 3 N–H and O–H groups in total. The first-order valence-electron chi connectivity index (χ1n) is 9.66. The SMILES string of the molecule is COc1cc(OC(=O)OC2C(O)[C@H](n3cc(C)c(=O)[nH]c3=O)O[C@@H]2CO)c([N+](=O)[O-])cc1OC. The first kappa shape index (κ1) is 24.7. The molecule has 1 saturated heterocycles. The molecule has 2 aromatic rings. The Kier molecular flexibility index (Phi) is 7.19. The number of H-pyrrole nitrogens is 1. The third-order valence-electron chi connectivity index (χ3n) is 5.00. The summed E-state index contributed by atoms with van der Waals surface area (Å²) in [6, 6.07) is 2.02. The predicted molar refractivity (Wildman–Crippen MR) is 110 cm³/mol. The highest BCUT2D eigenvalue weighted by molar-refractivity contribution is 5.69. The van der Waals surface area contributed by atoms with Crippen LogP contribution in [0, 0.1) is 17.0 Å². The van der Waals surface area contributed by atoms with Gasteiger partial charge in [-0.05, 0) is 6.92 Å². The molecule has 1 aromatic heterocycles. The van der Waals surface area contributed by atoms with Gasteiger partial charge in [0.1, 0.15) is 12.2 Å². The quantitative estimate of drug-likeness (QED) is 0.199. The zero-order valence-electron chi connectivity index (χ0n) is 18.1. The number of nitrogens with one attached hydrogen (secondary N) is 1. The Morgan fingerprint density at radius 3 is 2.47 bits per heavy atom. The van der Waals surface area contributed by atoms with Gasteiger partial charge in [-0.3, -0.25) is 24.5 Å². The van der Waals surface area contributed by atoms with Gasteiger partial charge in [-0.2, -0.15) is 0 Å². The van der Waals surface area contributed by atoms with E-state index in [1.165, 1.54) is 21.1 Å². The Morgan fingerprint density at radius 1 is 1.24 bits per heavy atom. The van der Waals surface area contributed by atoms with Crippen molar-refractivity contribution in [1.29, 1.82) is 0 Å². The Balaban J connectivity index is 1.85. The Morgan fingerprint density at radius 2 is 1.88 bits per heavy atom. The van der Waals surface area contributed by atoms with E-state index < -0.39 is 64.9 Å². The van der Waals surface area contributed by atoms with Crippen molar-refractivity contribution >= 4 is 11.8 Å². The molecule has 34 heavy (non-hydrogen) atoms. The van der Waals surface area contributed by atoms with Crippen LogP contribution in [-0.4, -0.2) is 70.0 Å². The van der Waals surface area contributed by atoms with Crippen molar-refractivity contribution in [3.05, 3.63) is 54.8 Å². The molecule has 1 aromatic carbocycles. The van der Waals surface area contributed by atoms with Crippen LogP contribution >= 0.6 is 0 Å². The fraction of sp³-hybridized carbons (Fsp3) is 0.421. The molecule has 15 heteroatoms. The predicted octanol–water partition coefficient (Wildman–Crippen LogP) is -0.395. The number of rotatable bonds is 7. The second kappa shape index (κ2) is 9.90. The smallest absolute Gasteiger partial charge is 0.493 e. The summed E-state index contributed by atoms with van der Waals surface area (Å²) in [7, 11) is 2.53. The maximum atomic E-state index is 12.4. The van der Waals surface area contributed by atoms with E-state index in [9.17, 15) is 34.7 Å². The second-order valence-corrected chi connectivity index (χ2v) is 7.08. The van der Waals surface area contributed by atoms with Gasteiger partial charge in [0.15, 0.2) is 23.8 Å². The Hall–Kier alpha value is -3.95. The lowest BCUT2D eigenvalue weighted by Gasteiger charge is -2.20. The molecular weight excluding hydrogens is 462 g/mol. The van der Waals surface area contributed by atoms with Gasteiger partial charge in [-0.1, -0.05) is 0 Å². The molecule has 1 fully saturated rings. The highest BCUT2D eigenvalue weighted by Gasteiger charge is 2.48. The molecule has 0 spiro atoms. The molecule has 15 nitrogen and oxygen atoms in total. The summed E-state index contributed by atoms with van der Waals surface area (Å²) in [6.45, 7) is 0.695. The summed E-state index contributed by atoms with van der Waals surface area (Å²) < 4.78 is 26.4. The monoisotopic (exact) mass is 483 g/mol. The molecule has 1 aliphatic rings. The standard InChI is InChI=1S/C19H21N3O12/c1-8-6-21(18(26)20-16(8)25)17-14(24)15(13(7-23)32-17)34-19(27)33-10-5-12(31-3)11(30-2)4-9(10)22(28)29/h4-6,13-15,17,23-24H,7H2,1-3H3,(H,20,25,26)/t13-,14?,15?,17-/m1/s1. The molecule has 3 rings (SSSR count). The lowest BCUT2D eigenvalue weighted by Crippen LogP contribution is -2.40. The minimum Gasteiger partial charge on any atom is -0.493 e. The minimum atomic E-state index is -1.67. The first-order chi connectivity index (χ1) is 16.1. The first-order valence-corrected chi connectivity index (χ1v) is 9.66. The van der Waals surface area contributed by atoms with Crippen LogP contribution in [0.2, 0.25) is 0 Å². The summed E-state index contributed by atoms with van der Waals surface area (Å²) in [5.41, 5.74) is -2.04. The topological polar surface area (TPSA) is 202 Å². The number of hydrogen-bond acceptors (Lipinski definition) is 12. The van der Waals surface area contributed by atoms with Gasteiger partial charge < -0.3 is 33.9 Å². The molecule has 2 heterocycles. The van der Waals surface area contributed by atoms with Gasteiger partial charge in [0.25, 0.3) is 5.56 Å². The van der Waals surface area contributed by atoms with Crippen molar-refractivity contribution in [2.24, 2.45) is 0 Å². The van der Waals surface area contributed by atoms with Gasteiger partial charge in [0.05, 0.1) is 31.8 Å². The van der Waals surface area contributed by atoms with E-state index in [1.807, 2.05) is 4.98 Å². The zero-order valence-corrected chi connectivity index (χ0v) is 18.1. The van der Waals surface area contributed by atoms with Crippen LogP contribution in [0.5, 0.6) is 17.2 Å². The number of ether oxygens (including phenoxy) is 5. The van der Waals surface area contributed by atoms with Crippen LogP contribution in [0.1, 0.15) is 11.8 Å². The number of benzene rings is 1. The summed E-state index contributed by atoms with van der Waals surface area (Å²) in [5.74, 6) is -0.494. The van der Waals surface area contributed by atoms with Crippen molar-refractivity contribution in [3.63, 3.8) is 0 Å². The van der Waals surface area contributed by atoms with Crippen molar-refractivity contribution < 1.29 is 43.6 Å². The molecule has 0 bridgehead atoms. The average molecular weight is 483 g/mol. The number of hydrogen-bond donors (Lipinski definition) is 3. The summed E-state index contributed by atoms with van der Waals surface area (Å²) >= 11 is 0. The van der Waals surface area contributed by atoms with E-state index in [4.69, 9.17) is 23.7 Å². The summed E-state index contributed by atoms with van der Waals surface area (Å²) in [4.78, 5) is 48.7. The summed E-state index contributed by atoms with van der Waals surface area (Å²) in [6.07, 6.45) is -6.24. The van der Waals surface area contributed by atoms with Crippen LogP contribution in [0.3, 0.4) is 0 Å². The molecule has 0 saturated carbocycles. The molecule has 2 unspecified atom stereocenters. The van der Waals surface area contributed by atoms with Gasteiger partial charge in [0, 0.05) is 17.8 Å². The number of carbonyl (C=O) groups is 1. The van der Waals surface area contributed by atoms with Crippen LogP contribution in [-0.2, 0) is 9.47 Å². The lowest BCUT2D eigenvalue weighted by molar-refractivity contribution is -0.385. The second-order valence-electron chi connectivity index (χ2n) is 7.08. The third kappa shape index (κ3) is 4.70. The van der Waals surface area contributed by atoms with E-state index in [0.717, 1.165) is 22.9 Å². The number of nitrogens with zero attached hydrogens (tertiary/aromatic N) is 2. The lowest BCUT2D eigenvalue weighted by atomic mass is 10.1. The number of nitro benzene ring substituents is 1. The largest absolute Gasteiger partial charge is 0.514 e. The number of aryl methyl sites for hydroxylation is 1. The van der Waals surface area contributed by atoms with Crippen LogP contribution in [0.15, 0.2) is 27.9 Å². The number of methoxy groups -OCH3 is 2. The van der Waals surface area contributed by atoms with Gasteiger partial charge in [0.2, 0.25) is 5.75 Å². The zero-order chi connectivity index (χ0) is 25.2. The van der Waals surface area contributed by atoms with Crippen molar-refractivity contribution in [2.45, 2.75) is 31.5 Å². The Labute approximate surface area is 190 Å². The van der Waals surface area contributed by atoms with E-state index >= 15 is 0 Å². The van der Waals surface area contributed by atoms with E-state index in [-0.39, 0.29) is 17.1 Å². The molecular formula is C19H21N3O12. The molecule has 0 radical (unpaired) electrons. The van der Waals surface area contributed by atoms with Crippen LogP contribution < -0.4 is 25.5 Å². The van der Waals surface area contributed by atoms with E-state index in [0.29, 0.717) is 0 Å². The highest BCUT2D eigenvalue weighted by Crippen LogP contribution is 2.39. The van der Waals surface area contributed by atoms with Gasteiger partial charge in [-0.15, -0.1) is 0 Å². The number of carbonyl (C=O) groups excluding carboxylic acids is 1. The number of aromatic nitrogens is 2. The molecule has 0 amide bonds. The fourth-order valence-corrected chi connectivity index (χ4v) is 3.32. The van der Waals surface area contributed by atoms with Crippen molar-refractivity contribution in [2.75, 3.05) is 20.8 Å². The number of aliphatic hydroxyl groups is 2. The van der Waals surface area contributed by atoms with E-state index in [1.54, 1.807) is 0 Å². The molecule has 1 aliphatic heterocycles. The number of nitro groups is 1. The Bertz CT molecular complexity index is 1210. The fourth-order valence-electron chi connectivity index (χ4n) is 3.32. The average Bonchev–Trinajstić information content (AvgIpc) is 3.10. The number of aliphatic hydroxyl groups excluding tert-OH is 2. The maximum Gasteiger partial charge on any atom is 0.514 e. The third-order valence-corrected chi connectivity index (χ3v) is 5.00. The minimum absolute atomic E-state index is 0.0133. The van der Waals surface area contributed by atoms with Crippen LogP contribution in [0.25, 0.3) is 0 Å². The molecule has 4 atom stereocenters. The van der Waals surface area contributed by atoms with Crippen molar-refractivity contribution in [3.8, 4) is 17.2 Å². The number of aromatic amines is 1. The normalized spacial score (nSPS) is 21.7. The highest BCUT2D eigenvalue weighted by atomic mass is 16.7. The molecule has 0 aliphatic carbocycles.